The molecular weight excluding hydrogens is 360 g/mol. The summed E-state index contributed by atoms with van der Waals surface area (Å²) in [7, 11) is 0. The van der Waals surface area contributed by atoms with E-state index in [-0.39, 0.29) is 6.42 Å². The van der Waals surface area contributed by atoms with Crippen LogP contribution in [0, 0.1) is 0 Å². The van der Waals surface area contributed by atoms with Gasteiger partial charge in [0.25, 0.3) is 5.60 Å². The first-order chi connectivity index (χ1) is 13.3. The summed E-state index contributed by atoms with van der Waals surface area (Å²) < 4.78 is 5.07. The highest BCUT2D eigenvalue weighted by atomic mass is 16.6. The monoisotopic (exact) mass is 400 g/mol. The second kappa shape index (κ2) is 15.6. The molecule has 0 aliphatic rings. The predicted molar refractivity (Wildman–Crippen MR) is 109 cm³/mol. The number of aliphatic hydroxyl groups excluding tert-OH is 2. The van der Waals surface area contributed by atoms with Crippen molar-refractivity contribution in [2.75, 3.05) is 6.61 Å². The van der Waals surface area contributed by atoms with Crippen LogP contribution in [-0.2, 0) is 19.1 Å². The van der Waals surface area contributed by atoms with Crippen LogP contribution in [0.4, 0.5) is 0 Å². The van der Waals surface area contributed by atoms with E-state index in [0.29, 0.717) is 6.42 Å². The van der Waals surface area contributed by atoms with Crippen LogP contribution in [0.1, 0.15) is 104 Å². The Labute approximate surface area is 170 Å². The molecule has 0 aliphatic heterocycles. The van der Waals surface area contributed by atoms with Crippen molar-refractivity contribution in [2.45, 2.75) is 116 Å². The molecule has 0 aromatic heterocycles. The third-order valence-electron chi connectivity index (χ3n) is 5.20. The van der Waals surface area contributed by atoms with Gasteiger partial charge in [-0.25, -0.2) is 0 Å². The van der Waals surface area contributed by atoms with Gasteiger partial charge in [-0.05, 0) is 20.3 Å². The van der Waals surface area contributed by atoms with Gasteiger partial charge in [0.1, 0.15) is 6.10 Å². The fraction of sp³-hybridized carbons (Fsp3) is 0.864. The number of esters is 1. The lowest BCUT2D eigenvalue weighted by Gasteiger charge is -2.31. The summed E-state index contributed by atoms with van der Waals surface area (Å²) >= 11 is 0. The number of hydrogen-bond donors (Lipinski definition) is 2. The topological polar surface area (TPSA) is 101 Å². The lowest BCUT2D eigenvalue weighted by Crippen LogP contribution is -2.58. The van der Waals surface area contributed by atoms with E-state index in [9.17, 15) is 19.5 Å². The van der Waals surface area contributed by atoms with Crippen LogP contribution in [0.15, 0.2) is 0 Å². The van der Waals surface area contributed by atoms with Gasteiger partial charge >= 0.3 is 5.97 Å². The number of unbranched alkanes of at least 4 members (excludes halogenated alkanes) is 11. The molecule has 0 spiro atoms. The maximum absolute atomic E-state index is 12.1. The third-order valence-corrected chi connectivity index (χ3v) is 5.20. The Morgan fingerprint density at radius 3 is 1.54 bits per heavy atom. The fourth-order valence-corrected chi connectivity index (χ4v) is 3.40. The molecule has 1 atom stereocenters. The van der Waals surface area contributed by atoms with E-state index in [2.05, 4.69) is 6.92 Å². The predicted octanol–water partition coefficient (Wildman–Crippen LogP) is 3.89. The molecule has 0 amide bonds. The Hall–Kier alpha value is -1.27. The molecule has 6 nitrogen and oxygen atoms in total. The summed E-state index contributed by atoms with van der Waals surface area (Å²) in [5, 5.41) is 19.0. The number of ether oxygens (including phenoxy) is 1. The molecule has 0 aromatic rings. The van der Waals surface area contributed by atoms with Gasteiger partial charge in [-0.1, -0.05) is 77.6 Å². The van der Waals surface area contributed by atoms with E-state index in [4.69, 9.17) is 9.84 Å². The molecule has 0 saturated heterocycles. The van der Waals surface area contributed by atoms with E-state index >= 15 is 0 Å². The van der Waals surface area contributed by atoms with Gasteiger partial charge in [0, 0.05) is 6.42 Å². The van der Waals surface area contributed by atoms with Crippen molar-refractivity contribution in [3.05, 3.63) is 0 Å². The molecule has 6 heteroatoms. The summed E-state index contributed by atoms with van der Waals surface area (Å²) in [4.78, 5) is 35.7. The van der Waals surface area contributed by atoms with Crippen molar-refractivity contribution in [3.8, 4) is 0 Å². The molecule has 0 radical (unpaired) electrons. The van der Waals surface area contributed by atoms with Crippen molar-refractivity contribution in [2.24, 2.45) is 0 Å². The van der Waals surface area contributed by atoms with Crippen molar-refractivity contribution in [1.82, 2.24) is 0 Å². The molecular formula is C22H40O6. The van der Waals surface area contributed by atoms with Crippen molar-refractivity contribution in [3.63, 3.8) is 0 Å². The summed E-state index contributed by atoms with van der Waals surface area (Å²) in [6, 6.07) is 0. The third kappa shape index (κ3) is 9.78. The van der Waals surface area contributed by atoms with E-state index < -0.39 is 35.8 Å². The van der Waals surface area contributed by atoms with Crippen molar-refractivity contribution in [1.29, 1.82) is 0 Å². The molecule has 28 heavy (non-hydrogen) atoms. The number of carbonyl (C=O) groups is 3. The van der Waals surface area contributed by atoms with Crippen molar-refractivity contribution >= 4 is 17.5 Å². The molecule has 0 saturated carbocycles. The maximum atomic E-state index is 12.1. The van der Waals surface area contributed by atoms with Crippen LogP contribution >= 0.6 is 0 Å². The molecule has 1 unspecified atom stereocenters. The van der Waals surface area contributed by atoms with E-state index in [1.807, 2.05) is 0 Å². The van der Waals surface area contributed by atoms with Gasteiger partial charge < -0.3 is 14.9 Å². The zero-order valence-electron chi connectivity index (χ0n) is 18.0. The van der Waals surface area contributed by atoms with Crippen LogP contribution in [0.5, 0.6) is 0 Å². The van der Waals surface area contributed by atoms with Gasteiger partial charge in [0.05, 0.1) is 6.61 Å². The van der Waals surface area contributed by atoms with Gasteiger partial charge in [-0.15, -0.1) is 0 Å². The van der Waals surface area contributed by atoms with E-state index in [0.717, 1.165) is 33.1 Å². The first kappa shape index (κ1) is 26.7. The Balaban J connectivity index is 4.00. The molecule has 0 bridgehead atoms. The zero-order valence-corrected chi connectivity index (χ0v) is 18.0. The zero-order chi connectivity index (χ0) is 21.4. The minimum absolute atomic E-state index is 0.0812. The first-order valence-electron chi connectivity index (χ1n) is 10.9. The van der Waals surface area contributed by atoms with Gasteiger partial charge in [0.15, 0.2) is 11.6 Å². The fourth-order valence-electron chi connectivity index (χ4n) is 3.40. The second-order valence-corrected chi connectivity index (χ2v) is 7.66. The summed E-state index contributed by atoms with van der Waals surface area (Å²) in [6.07, 6.45) is 12.3. The van der Waals surface area contributed by atoms with Crippen LogP contribution in [0.25, 0.3) is 0 Å². The summed E-state index contributed by atoms with van der Waals surface area (Å²) in [5.41, 5.74) is -2.30. The average molecular weight is 401 g/mol. The normalized spacial score (nSPS) is 12.6. The van der Waals surface area contributed by atoms with Gasteiger partial charge in [0.2, 0.25) is 0 Å². The molecule has 0 aromatic carbocycles. The van der Waals surface area contributed by atoms with Crippen LogP contribution < -0.4 is 0 Å². The van der Waals surface area contributed by atoms with Gasteiger partial charge in [-0.2, -0.15) is 0 Å². The first-order valence-corrected chi connectivity index (χ1v) is 10.9. The highest BCUT2D eigenvalue weighted by molar-refractivity contribution is 6.10. The van der Waals surface area contributed by atoms with Crippen molar-refractivity contribution < 1.29 is 29.3 Å². The quantitative estimate of drug-likeness (QED) is 0.206. The number of Topliss-reactive ketones (excluding diaryl/α,β-unsaturated/α-hetero) is 2. The minimum atomic E-state index is -2.30. The lowest BCUT2D eigenvalue weighted by molar-refractivity contribution is -0.186. The number of hydrogen-bond acceptors (Lipinski definition) is 6. The highest BCUT2D eigenvalue weighted by Crippen LogP contribution is 2.22. The van der Waals surface area contributed by atoms with Gasteiger partial charge in [-0.3, -0.25) is 14.4 Å². The number of aliphatic hydroxyl groups is 2. The number of ketones is 2. The van der Waals surface area contributed by atoms with Crippen LogP contribution in [0.2, 0.25) is 0 Å². The standard InChI is InChI=1S/C22H40O6/c1-4-5-6-7-8-9-10-11-12-13-14-15-16-21(27)28-22(18(2)24,19(3)25)20(26)17-23/h20,23,26H,4-17H2,1-3H3. The molecule has 0 fully saturated rings. The maximum Gasteiger partial charge on any atom is 0.307 e. The molecule has 0 heterocycles. The number of rotatable bonds is 18. The largest absolute Gasteiger partial charge is 0.440 e. The molecule has 0 aliphatic carbocycles. The second-order valence-electron chi connectivity index (χ2n) is 7.66. The lowest BCUT2D eigenvalue weighted by atomic mass is 9.88. The van der Waals surface area contributed by atoms with E-state index in [1.54, 1.807) is 0 Å². The Morgan fingerprint density at radius 2 is 1.18 bits per heavy atom. The smallest absolute Gasteiger partial charge is 0.307 e. The van der Waals surface area contributed by atoms with Crippen LogP contribution in [0.3, 0.4) is 0 Å². The molecule has 0 rings (SSSR count). The van der Waals surface area contributed by atoms with Crippen LogP contribution in [-0.4, -0.2) is 46.1 Å². The highest BCUT2D eigenvalue weighted by Gasteiger charge is 2.50. The Bertz CT molecular complexity index is 446. The average Bonchev–Trinajstić information content (AvgIpc) is 2.65. The summed E-state index contributed by atoms with van der Waals surface area (Å²) in [6.45, 7) is 3.51. The molecule has 164 valence electrons. The Morgan fingerprint density at radius 1 is 0.786 bits per heavy atom. The SMILES string of the molecule is CCCCCCCCCCCCCCC(=O)OC(C(C)=O)(C(C)=O)C(O)CO. The number of carbonyl (C=O) groups excluding carboxylic acids is 3. The minimum Gasteiger partial charge on any atom is -0.440 e. The van der Waals surface area contributed by atoms with E-state index in [1.165, 1.54) is 51.4 Å². The summed E-state index contributed by atoms with van der Waals surface area (Å²) in [5.74, 6) is -2.28. The molecule has 2 N–H and O–H groups in total. The Kier molecular flexibility index (Phi) is 14.9.